The fourth-order valence-corrected chi connectivity index (χ4v) is 3.40. The van der Waals surface area contributed by atoms with E-state index in [0.29, 0.717) is 23.9 Å². The Labute approximate surface area is 107 Å². The van der Waals surface area contributed by atoms with Gasteiger partial charge in [-0.2, -0.15) is 0 Å². The van der Waals surface area contributed by atoms with Gasteiger partial charge in [0.15, 0.2) is 5.76 Å². The summed E-state index contributed by atoms with van der Waals surface area (Å²) in [4.78, 5) is 14.5. The van der Waals surface area contributed by atoms with Crippen molar-refractivity contribution in [3.8, 4) is 0 Å². The quantitative estimate of drug-likeness (QED) is 0.871. The van der Waals surface area contributed by atoms with Crippen LogP contribution in [-0.2, 0) is 0 Å². The molecule has 1 aromatic rings. The highest BCUT2D eigenvalue weighted by Gasteiger charge is 2.36. The lowest BCUT2D eigenvalue weighted by Crippen LogP contribution is -2.55. The first kappa shape index (κ1) is 11.8. The lowest BCUT2D eigenvalue weighted by Gasteiger charge is -2.47. The van der Waals surface area contributed by atoms with Crippen LogP contribution in [0.1, 0.15) is 42.7 Å². The van der Waals surface area contributed by atoms with Gasteiger partial charge in [0.05, 0.1) is 6.26 Å². The summed E-state index contributed by atoms with van der Waals surface area (Å²) in [5.41, 5.74) is 0. The lowest BCUT2D eigenvalue weighted by molar-refractivity contribution is 0.0457. The van der Waals surface area contributed by atoms with Crippen LogP contribution in [-0.4, -0.2) is 36.0 Å². The molecule has 98 valence electrons. The van der Waals surface area contributed by atoms with Gasteiger partial charge >= 0.3 is 0 Å². The van der Waals surface area contributed by atoms with E-state index in [4.69, 9.17) is 4.42 Å². The van der Waals surface area contributed by atoms with Crippen molar-refractivity contribution in [2.75, 3.05) is 7.05 Å². The summed E-state index contributed by atoms with van der Waals surface area (Å²) in [6.07, 6.45) is 7.54. The van der Waals surface area contributed by atoms with E-state index < -0.39 is 0 Å². The molecule has 2 bridgehead atoms. The zero-order valence-electron chi connectivity index (χ0n) is 10.8. The summed E-state index contributed by atoms with van der Waals surface area (Å²) in [6, 6.07) is 5.04. The second-order valence-electron chi connectivity index (χ2n) is 5.52. The Morgan fingerprint density at radius 3 is 2.72 bits per heavy atom. The van der Waals surface area contributed by atoms with E-state index in [0.717, 1.165) is 12.8 Å². The van der Waals surface area contributed by atoms with Gasteiger partial charge < -0.3 is 14.6 Å². The Hall–Kier alpha value is -1.29. The molecule has 2 saturated heterocycles. The van der Waals surface area contributed by atoms with E-state index in [2.05, 4.69) is 17.3 Å². The second kappa shape index (κ2) is 4.76. The van der Waals surface area contributed by atoms with Crippen molar-refractivity contribution < 1.29 is 9.21 Å². The van der Waals surface area contributed by atoms with Crippen molar-refractivity contribution in [3.63, 3.8) is 0 Å². The van der Waals surface area contributed by atoms with Crippen LogP contribution >= 0.6 is 0 Å². The third-order valence-corrected chi connectivity index (χ3v) is 4.42. The number of furan rings is 1. The average molecular weight is 248 g/mol. The highest BCUT2D eigenvalue weighted by Crippen LogP contribution is 2.32. The van der Waals surface area contributed by atoms with Gasteiger partial charge in [-0.1, -0.05) is 6.42 Å². The number of hydrogen-bond donors (Lipinski definition) is 1. The molecule has 2 unspecified atom stereocenters. The van der Waals surface area contributed by atoms with Crippen molar-refractivity contribution in [3.05, 3.63) is 24.2 Å². The number of fused-ring (bicyclic) bond motifs is 2. The predicted octanol–water partition coefficient (Wildman–Crippen LogP) is 2.02. The van der Waals surface area contributed by atoms with Crippen LogP contribution < -0.4 is 5.32 Å². The molecule has 4 nitrogen and oxygen atoms in total. The van der Waals surface area contributed by atoms with E-state index in [-0.39, 0.29) is 5.91 Å². The maximum Gasteiger partial charge on any atom is 0.287 e. The minimum Gasteiger partial charge on any atom is -0.459 e. The molecule has 4 heteroatoms. The number of rotatable bonds is 2. The Kier molecular flexibility index (Phi) is 3.12. The largest absolute Gasteiger partial charge is 0.459 e. The molecule has 0 saturated carbocycles. The molecule has 2 aliphatic heterocycles. The standard InChI is InChI=1S/C14H20N2O2/c1-16-11-4-2-5-12(16)9-10(8-11)15-14(17)13-6-3-7-18-13/h3,6-7,10-12H,2,4-5,8-9H2,1H3,(H,15,17). The molecule has 1 aromatic heterocycles. The number of nitrogens with zero attached hydrogens (tertiary/aromatic N) is 1. The van der Waals surface area contributed by atoms with E-state index in [1.807, 2.05) is 0 Å². The summed E-state index contributed by atoms with van der Waals surface area (Å²) in [6.45, 7) is 0. The number of piperidine rings is 2. The molecule has 0 spiro atoms. The molecule has 3 rings (SSSR count). The van der Waals surface area contributed by atoms with Gasteiger partial charge in [-0.3, -0.25) is 4.79 Å². The van der Waals surface area contributed by atoms with Crippen LogP contribution in [0.2, 0.25) is 0 Å². The van der Waals surface area contributed by atoms with E-state index in [9.17, 15) is 4.79 Å². The number of amides is 1. The van der Waals surface area contributed by atoms with Gasteiger partial charge in [0, 0.05) is 18.1 Å². The third kappa shape index (κ3) is 2.17. The van der Waals surface area contributed by atoms with Crippen LogP contribution in [0, 0.1) is 0 Å². The molecule has 1 N–H and O–H groups in total. The number of carbonyl (C=O) groups is 1. The molecule has 3 heterocycles. The summed E-state index contributed by atoms with van der Waals surface area (Å²) >= 11 is 0. The van der Waals surface area contributed by atoms with Gasteiger partial charge in [0.1, 0.15) is 0 Å². The molecular formula is C14H20N2O2. The van der Waals surface area contributed by atoms with Crippen molar-refractivity contribution in [2.24, 2.45) is 0 Å². The topological polar surface area (TPSA) is 45.5 Å². The van der Waals surface area contributed by atoms with E-state index >= 15 is 0 Å². The zero-order valence-corrected chi connectivity index (χ0v) is 10.8. The second-order valence-corrected chi connectivity index (χ2v) is 5.52. The molecule has 18 heavy (non-hydrogen) atoms. The molecule has 2 fully saturated rings. The Bertz CT molecular complexity index is 401. The van der Waals surface area contributed by atoms with Crippen molar-refractivity contribution >= 4 is 5.91 Å². The molecule has 2 atom stereocenters. The van der Waals surface area contributed by atoms with Crippen molar-refractivity contribution in [1.82, 2.24) is 10.2 Å². The van der Waals surface area contributed by atoms with Crippen LogP contribution in [0.25, 0.3) is 0 Å². The highest BCUT2D eigenvalue weighted by atomic mass is 16.3. The summed E-state index contributed by atoms with van der Waals surface area (Å²) in [5.74, 6) is 0.340. The fourth-order valence-electron chi connectivity index (χ4n) is 3.40. The monoisotopic (exact) mass is 248 g/mol. The average Bonchev–Trinajstić information content (AvgIpc) is 2.84. The highest BCUT2D eigenvalue weighted by molar-refractivity contribution is 5.91. The van der Waals surface area contributed by atoms with Gasteiger partial charge in [0.25, 0.3) is 5.91 Å². The molecule has 0 aromatic carbocycles. The lowest BCUT2D eigenvalue weighted by atomic mass is 9.82. The number of carbonyl (C=O) groups excluding carboxylic acids is 1. The predicted molar refractivity (Wildman–Crippen MR) is 68.4 cm³/mol. The van der Waals surface area contributed by atoms with Crippen LogP contribution in [0.4, 0.5) is 0 Å². The van der Waals surface area contributed by atoms with E-state index in [1.165, 1.54) is 25.5 Å². The fraction of sp³-hybridized carbons (Fsp3) is 0.643. The Morgan fingerprint density at radius 2 is 2.11 bits per heavy atom. The first-order valence-corrected chi connectivity index (χ1v) is 6.80. The SMILES string of the molecule is CN1C2CCCC1CC(NC(=O)c1ccco1)C2. The molecule has 1 amide bonds. The zero-order chi connectivity index (χ0) is 12.5. The minimum absolute atomic E-state index is 0.0763. The van der Waals surface area contributed by atoms with Gasteiger partial charge in [-0.25, -0.2) is 0 Å². The normalized spacial score (nSPS) is 32.2. The van der Waals surface area contributed by atoms with Crippen LogP contribution in [0.5, 0.6) is 0 Å². The summed E-state index contributed by atoms with van der Waals surface area (Å²) in [5, 5.41) is 3.11. The Balaban J connectivity index is 1.63. The smallest absolute Gasteiger partial charge is 0.287 e. The first-order chi connectivity index (χ1) is 8.74. The maximum atomic E-state index is 12.0. The minimum atomic E-state index is -0.0763. The number of hydrogen-bond acceptors (Lipinski definition) is 3. The van der Waals surface area contributed by atoms with Crippen molar-refractivity contribution in [1.29, 1.82) is 0 Å². The number of nitrogens with one attached hydrogen (secondary N) is 1. The van der Waals surface area contributed by atoms with Crippen molar-refractivity contribution in [2.45, 2.75) is 50.2 Å². The van der Waals surface area contributed by atoms with Gasteiger partial charge in [-0.05, 0) is 44.9 Å². The van der Waals surface area contributed by atoms with Crippen LogP contribution in [0.15, 0.2) is 22.8 Å². The third-order valence-electron chi connectivity index (χ3n) is 4.42. The van der Waals surface area contributed by atoms with Crippen LogP contribution in [0.3, 0.4) is 0 Å². The summed E-state index contributed by atoms with van der Waals surface area (Å²) < 4.78 is 5.13. The molecule has 0 radical (unpaired) electrons. The molecule has 0 aliphatic carbocycles. The van der Waals surface area contributed by atoms with Gasteiger partial charge in [-0.15, -0.1) is 0 Å². The summed E-state index contributed by atoms with van der Waals surface area (Å²) in [7, 11) is 2.22. The van der Waals surface area contributed by atoms with E-state index in [1.54, 1.807) is 12.1 Å². The molecular weight excluding hydrogens is 228 g/mol. The molecule has 2 aliphatic rings. The Morgan fingerprint density at radius 1 is 1.39 bits per heavy atom. The maximum absolute atomic E-state index is 12.0. The van der Waals surface area contributed by atoms with Gasteiger partial charge in [0.2, 0.25) is 0 Å². The first-order valence-electron chi connectivity index (χ1n) is 6.80.